The highest BCUT2D eigenvalue weighted by Gasteiger charge is 2.49. The molecule has 4 amide bonds. The zero-order chi connectivity index (χ0) is 28.4. The molecule has 10 heteroatoms. The summed E-state index contributed by atoms with van der Waals surface area (Å²) in [6.07, 6.45) is -0.970. The molecule has 3 aromatic carbocycles. The van der Waals surface area contributed by atoms with Crippen LogP contribution in [0.15, 0.2) is 72.8 Å². The fourth-order valence-corrected chi connectivity index (χ4v) is 5.24. The van der Waals surface area contributed by atoms with Crippen LogP contribution in [0.1, 0.15) is 33.5 Å². The van der Waals surface area contributed by atoms with E-state index in [-0.39, 0.29) is 18.9 Å². The van der Waals surface area contributed by atoms with Gasteiger partial charge in [0.25, 0.3) is 5.91 Å². The number of ether oxygens (including phenoxy) is 1. The molecule has 1 spiro atoms. The monoisotopic (exact) mass is 542 g/mol. The quantitative estimate of drug-likeness (QED) is 0.430. The summed E-state index contributed by atoms with van der Waals surface area (Å²) in [5.41, 5.74) is 3.13. The van der Waals surface area contributed by atoms with E-state index >= 15 is 0 Å². The first-order chi connectivity index (χ1) is 19.1. The third-order valence-electron chi connectivity index (χ3n) is 7.42. The minimum absolute atomic E-state index is 0.174. The minimum atomic E-state index is -1.12. The van der Waals surface area contributed by atoms with Crippen LogP contribution in [0.3, 0.4) is 0 Å². The second-order valence-corrected chi connectivity index (χ2v) is 10.2. The number of benzene rings is 3. The number of nitrogens with one attached hydrogen (secondary N) is 2. The van der Waals surface area contributed by atoms with Crippen molar-refractivity contribution in [2.24, 2.45) is 0 Å². The summed E-state index contributed by atoms with van der Waals surface area (Å²) in [7, 11) is 1.41. The fraction of sp³-hybridized carbons (Fsp3) is 0.267. The van der Waals surface area contributed by atoms with Gasteiger partial charge in [-0.05, 0) is 48.9 Å². The van der Waals surface area contributed by atoms with E-state index in [1.807, 2.05) is 55.5 Å². The third kappa shape index (κ3) is 5.33. The number of carbonyl (C=O) groups is 4. The van der Waals surface area contributed by atoms with Crippen molar-refractivity contribution in [2.75, 3.05) is 30.4 Å². The van der Waals surface area contributed by atoms with Gasteiger partial charge in [0, 0.05) is 43.2 Å². The van der Waals surface area contributed by atoms with Crippen molar-refractivity contribution < 1.29 is 29.0 Å². The van der Waals surface area contributed by atoms with Crippen LogP contribution in [0.25, 0.3) is 0 Å². The number of hydrogen-bond donors (Lipinski definition) is 3. The van der Waals surface area contributed by atoms with Gasteiger partial charge in [-0.2, -0.15) is 0 Å². The van der Waals surface area contributed by atoms with Crippen molar-refractivity contribution in [3.05, 3.63) is 95.1 Å². The van der Waals surface area contributed by atoms with E-state index < -0.39 is 29.7 Å². The highest BCUT2D eigenvalue weighted by atomic mass is 16.6. The van der Waals surface area contributed by atoms with Gasteiger partial charge in [0.15, 0.2) is 5.60 Å². The van der Waals surface area contributed by atoms with Crippen molar-refractivity contribution >= 4 is 35.4 Å². The molecule has 0 radical (unpaired) electrons. The van der Waals surface area contributed by atoms with E-state index in [0.717, 1.165) is 21.6 Å². The number of anilines is 2. The molecule has 1 saturated heterocycles. The summed E-state index contributed by atoms with van der Waals surface area (Å²) in [4.78, 5) is 53.4. The molecule has 2 heterocycles. The predicted octanol–water partition coefficient (Wildman–Crippen LogP) is 4.14. The molecule has 3 aromatic rings. The molecule has 5 rings (SSSR count). The molecule has 206 valence electrons. The number of carbonyl (C=O) groups excluding carboxylic acids is 3. The van der Waals surface area contributed by atoms with Crippen LogP contribution in [0.2, 0.25) is 0 Å². The molecule has 2 atom stereocenters. The van der Waals surface area contributed by atoms with Gasteiger partial charge in [0.2, 0.25) is 5.91 Å². The topological polar surface area (TPSA) is 128 Å². The van der Waals surface area contributed by atoms with Crippen LogP contribution >= 0.6 is 0 Å². The van der Waals surface area contributed by atoms with E-state index in [9.17, 15) is 24.3 Å². The first-order valence-corrected chi connectivity index (χ1v) is 13.0. The van der Waals surface area contributed by atoms with Gasteiger partial charge < -0.3 is 20.1 Å². The third-order valence-corrected chi connectivity index (χ3v) is 7.42. The lowest BCUT2D eigenvalue weighted by Gasteiger charge is -2.36. The van der Waals surface area contributed by atoms with Crippen LogP contribution in [0.4, 0.5) is 21.0 Å². The van der Waals surface area contributed by atoms with Crippen molar-refractivity contribution in [2.45, 2.75) is 31.4 Å². The van der Waals surface area contributed by atoms with E-state index in [4.69, 9.17) is 4.74 Å². The van der Waals surface area contributed by atoms with Crippen LogP contribution in [-0.4, -0.2) is 60.2 Å². The number of likely N-dealkylation sites (tertiary alicyclic amines) is 1. The summed E-state index contributed by atoms with van der Waals surface area (Å²) in [5.74, 6) is -0.734. The minimum Gasteiger partial charge on any atom is -0.465 e. The molecule has 10 nitrogen and oxygen atoms in total. The number of aryl methyl sites for hydroxylation is 1. The lowest BCUT2D eigenvalue weighted by Crippen LogP contribution is -2.50. The van der Waals surface area contributed by atoms with E-state index in [1.165, 1.54) is 31.3 Å². The number of carboxylic acid groups (broad SMARTS) is 1. The summed E-state index contributed by atoms with van der Waals surface area (Å²) in [5, 5.41) is 14.8. The van der Waals surface area contributed by atoms with Gasteiger partial charge in [0.05, 0.1) is 12.2 Å². The average molecular weight is 543 g/mol. The zero-order valence-electron chi connectivity index (χ0n) is 22.2. The Morgan fingerprint density at radius 3 is 2.52 bits per heavy atom. The summed E-state index contributed by atoms with van der Waals surface area (Å²) < 4.78 is 5.82. The van der Waals surface area contributed by atoms with Gasteiger partial charge in [-0.25, -0.2) is 9.59 Å². The maximum atomic E-state index is 13.9. The number of hydrogen-bond acceptors (Lipinski definition) is 5. The van der Waals surface area contributed by atoms with Crippen LogP contribution < -0.4 is 15.5 Å². The lowest BCUT2D eigenvalue weighted by molar-refractivity contribution is -0.133. The van der Waals surface area contributed by atoms with E-state index in [2.05, 4.69) is 10.6 Å². The Morgan fingerprint density at radius 2 is 1.82 bits per heavy atom. The van der Waals surface area contributed by atoms with Crippen LogP contribution in [0.5, 0.6) is 0 Å². The Morgan fingerprint density at radius 1 is 1.10 bits per heavy atom. The second-order valence-electron chi connectivity index (χ2n) is 10.2. The molecule has 0 aromatic heterocycles. The van der Waals surface area contributed by atoms with E-state index in [0.29, 0.717) is 29.9 Å². The summed E-state index contributed by atoms with van der Waals surface area (Å²) >= 11 is 0. The van der Waals surface area contributed by atoms with Crippen LogP contribution in [0, 0.1) is 6.92 Å². The maximum absolute atomic E-state index is 13.9. The highest BCUT2D eigenvalue weighted by molar-refractivity contribution is 5.98. The average Bonchev–Trinajstić information content (AvgIpc) is 3.37. The lowest BCUT2D eigenvalue weighted by atomic mass is 9.89. The van der Waals surface area contributed by atoms with Gasteiger partial charge >= 0.3 is 12.2 Å². The number of amides is 4. The number of nitrogens with zero attached hydrogens (tertiary/aromatic N) is 2. The molecule has 0 bridgehead atoms. The molecule has 0 aliphatic carbocycles. The van der Waals surface area contributed by atoms with Gasteiger partial charge in [-0.1, -0.05) is 42.0 Å². The molecular formula is C30H30N4O6. The Hall–Kier alpha value is -4.86. The van der Waals surface area contributed by atoms with E-state index in [1.54, 1.807) is 4.90 Å². The smallest absolute Gasteiger partial charge is 0.412 e. The summed E-state index contributed by atoms with van der Waals surface area (Å²) in [6.45, 7) is 2.49. The largest absolute Gasteiger partial charge is 0.465 e. The van der Waals surface area contributed by atoms with Crippen molar-refractivity contribution in [1.82, 2.24) is 10.2 Å². The zero-order valence-corrected chi connectivity index (χ0v) is 22.2. The van der Waals surface area contributed by atoms with Gasteiger partial charge in [0.1, 0.15) is 6.04 Å². The molecular weight excluding hydrogens is 512 g/mol. The van der Waals surface area contributed by atoms with Crippen molar-refractivity contribution in [3.63, 3.8) is 0 Å². The Balaban J connectivity index is 1.38. The number of rotatable bonds is 6. The molecule has 0 unspecified atom stereocenters. The molecule has 2 aliphatic heterocycles. The molecule has 40 heavy (non-hydrogen) atoms. The SMILES string of the molecule is Cc1ccc2c(c1)[C@]1(CCN(C(=O)[C@H](Cc3ccccc3)NC(=O)c3ccc(N(C)C(=O)O)cc3)C1)OC(=O)N2. The first-order valence-electron chi connectivity index (χ1n) is 13.0. The highest BCUT2D eigenvalue weighted by Crippen LogP contribution is 2.43. The molecule has 3 N–H and O–H groups in total. The standard InChI is InChI=1S/C30H30N4O6/c1-19-8-13-24-23(16-19)30(40-28(37)32-24)14-15-34(18-30)27(36)25(17-20-6-4-3-5-7-20)31-26(35)21-9-11-22(12-10-21)33(2)29(38)39/h3-13,16,25H,14-15,17-18H2,1-2H3,(H,31,35)(H,32,37)(H,38,39)/t25-,30+/m0/s1. The Kier molecular flexibility index (Phi) is 7.17. The Labute approximate surface area is 231 Å². The maximum Gasteiger partial charge on any atom is 0.412 e. The molecule has 2 aliphatic rings. The van der Waals surface area contributed by atoms with Crippen molar-refractivity contribution in [1.29, 1.82) is 0 Å². The van der Waals surface area contributed by atoms with Gasteiger partial charge in [-0.15, -0.1) is 0 Å². The number of fused-ring (bicyclic) bond motifs is 2. The molecule has 1 fully saturated rings. The van der Waals surface area contributed by atoms with Crippen LogP contribution in [-0.2, 0) is 21.6 Å². The first kappa shape index (κ1) is 26.7. The summed E-state index contributed by atoms with van der Waals surface area (Å²) in [6, 6.07) is 20.4. The molecule has 0 saturated carbocycles. The van der Waals surface area contributed by atoms with Gasteiger partial charge in [-0.3, -0.25) is 19.8 Å². The normalized spacial score (nSPS) is 18.4. The predicted molar refractivity (Wildman–Crippen MR) is 148 cm³/mol. The second kappa shape index (κ2) is 10.7. The van der Waals surface area contributed by atoms with Crippen molar-refractivity contribution in [3.8, 4) is 0 Å². The fourth-order valence-electron chi connectivity index (χ4n) is 5.24. The Bertz CT molecular complexity index is 1460.